The Morgan fingerprint density at radius 3 is 2.36 bits per heavy atom. The van der Waals surface area contributed by atoms with Crippen LogP contribution in [0.5, 0.6) is 0 Å². The van der Waals surface area contributed by atoms with Gasteiger partial charge in [0, 0.05) is 10.0 Å². The standard InChI is InChI=1S/C15H13Br2NO4/c1-8-7-11(17)22-13(8)14(19)18-12(15(20)21-2)9-3-5-10(16)6-4-9/h3-7,12H,1-2H3,(H,18,19). The summed E-state index contributed by atoms with van der Waals surface area (Å²) in [4.78, 5) is 24.3. The van der Waals surface area contributed by atoms with Gasteiger partial charge in [0.25, 0.3) is 5.91 Å². The fourth-order valence-corrected chi connectivity index (χ4v) is 2.69. The average Bonchev–Trinajstić information content (AvgIpc) is 2.83. The van der Waals surface area contributed by atoms with Crippen LogP contribution in [0, 0.1) is 6.92 Å². The second kappa shape index (κ2) is 7.11. The lowest BCUT2D eigenvalue weighted by molar-refractivity contribution is -0.143. The van der Waals surface area contributed by atoms with Crippen LogP contribution in [0.4, 0.5) is 0 Å². The maximum absolute atomic E-state index is 12.3. The molecule has 1 heterocycles. The molecule has 0 aliphatic rings. The summed E-state index contributed by atoms with van der Waals surface area (Å²) in [5, 5.41) is 2.63. The van der Waals surface area contributed by atoms with E-state index in [9.17, 15) is 9.59 Å². The molecule has 0 fully saturated rings. The zero-order valence-corrected chi connectivity index (χ0v) is 15.0. The molecule has 7 heteroatoms. The Labute approximate surface area is 144 Å². The van der Waals surface area contributed by atoms with Gasteiger partial charge in [0.05, 0.1) is 7.11 Å². The second-order valence-electron chi connectivity index (χ2n) is 4.54. The van der Waals surface area contributed by atoms with Crippen LogP contribution in [0.1, 0.15) is 27.7 Å². The Kier molecular flexibility index (Phi) is 5.42. The van der Waals surface area contributed by atoms with E-state index in [4.69, 9.17) is 9.15 Å². The van der Waals surface area contributed by atoms with Crippen LogP contribution in [-0.2, 0) is 9.53 Å². The van der Waals surface area contributed by atoms with Crippen molar-refractivity contribution >= 4 is 43.7 Å². The van der Waals surface area contributed by atoms with Crippen molar-refractivity contribution in [2.45, 2.75) is 13.0 Å². The molecule has 0 aliphatic heterocycles. The number of hydrogen-bond donors (Lipinski definition) is 1. The molecule has 0 spiro atoms. The molecular weight excluding hydrogens is 418 g/mol. The number of methoxy groups -OCH3 is 1. The van der Waals surface area contributed by atoms with Crippen LogP contribution in [0.3, 0.4) is 0 Å². The van der Waals surface area contributed by atoms with Gasteiger partial charge in [-0.2, -0.15) is 0 Å². The van der Waals surface area contributed by atoms with Crippen LogP contribution in [-0.4, -0.2) is 19.0 Å². The zero-order valence-electron chi connectivity index (χ0n) is 11.9. The van der Waals surface area contributed by atoms with Gasteiger partial charge in [-0.15, -0.1) is 0 Å². The Morgan fingerprint density at radius 1 is 1.23 bits per heavy atom. The molecule has 2 rings (SSSR count). The lowest BCUT2D eigenvalue weighted by Gasteiger charge is -2.16. The lowest BCUT2D eigenvalue weighted by atomic mass is 10.1. The quantitative estimate of drug-likeness (QED) is 0.750. The first-order valence-corrected chi connectivity index (χ1v) is 7.91. The van der Waals surface area contributed by atoms with E-state index >= 15 is 0 Å². The Balaban J connectivity index is 2.27. The van der Waals surface area contributed by atoms with Crippen LogP contribution in [0.2, 0.25) is 0 Å². The molecule has 5 nitrogen and oxygen atoms in total. The number of aryl methyl sites for hydroxylation is 1. The Bertz CT molecular complexity index is 694. The average molecular weight is 431 g/mol. The third-order valence-corrected chi connectivity index (χ3v) is 3.93. The fourth-order valence-electron chi connectivity index (χ4n) is 1.92. The number of ether oxygens (including phenoxy) is 1. The summed E-state index contributed by atoms with van der Waals surface area (Å²) in [5.41, 5.74) is 1.29. The van der Waals surface area contributed by atoms with Gasteiger partial charge >= 0.3 is 5.97 Å². The molecule has 1 amide bonds. The molecule has 22 heavy (non-hydrogen) atoms. The Morgan fingerprint density at radius 2 is 1.86 bits per heavy atom. The third kappa shape index (κ3) is 3.78. The molecule has 0 saturated heterocycles. The minimum atomic E-state index is -0.908. The zero-order chi connectivity index (χ0) is 16.3. The highest BCUT2D eigenvalue weighted by Crippen LogP contribution is 2.22. The van der Waals surface area contributed by atoms with Gasteiger partial charge in [0.15, 0.2) is 16.5 Å². The summed E-state index contributed by atoms with van der Waals surface area (Å²) in [6, 6.07) is 7.81. The minimum Gasteiger partial charge on any atom is -0.467 e. The van der Waals surface area contributed by atoms with E-state index in [0.717, 1.165) is 4.47 Å². The molecule has 1 aromatic carbocycles. The first-order valence-electron chi connectivity index (χ1n) is 6.32. The third-order valence-electron chi connectivity index (χ3n) is 3.01. The molecule has 2 aromatic rings. The molecule has 1 atom stereocenters. The molecule has 0 aliphatic carbocycles. The second-order valence-corrected chi connectivity index (χ2v) is 6.24. The molecule has 0 saturated carbocycles. The van der Waals surface area contributed by atoms with Crippen LogP contribution in [0.25, 0.3) is 0 Å². The number of furan rings is 1. The Hall–Kier alpha value is -1.60. The normalized spacial score (nSPS) is 11.8. The topological polar surface area (TPSA) is 68.5 Å². The highest BCUT2D eigenvalue weighted by molar-refractivity contribution is 9.10. The highest BCUT2D eigenvalue weighted by Gasteiger charge is 2.26. The summed E-state index contributed by atoms with van der Waals surface area (Å²) in [6.45, 7) is 1.75. The summed E-state index contributed by atoms with van der Waals surface area (Å²) in [5.74, 6) is -0.890. The number of rotatable bonds is 4. The van der Waals surface area contributed by atoms with E-state index in [0.29, 0.717) is 15.8 Å². The van der Waals surface area contributed by atoms with Gasteiger partial charge in [0.2, 0.25) is 0 Å². The van der Waals surface area contributed by atoms with Crippen molar-refractivity contribution in [3.8, 4) is 0 Å². The number of benzene rings is 1. The van der Waals surface area contributed by atoms with Crippen molar-refractivity contribution in [1.29, 1.82) is 0 Å². The van der Waals surface area contributed by atoms with Gasteiger partial charge in [-0.25, -0.2) is 4.79 Å². The van der Waals surface area contributed by atoms with Crippen LogP contribution in [0.15, 0.2) is 43.9 Å². The van der Waals surface area contributed by atoms with Gasteiger partial charge in [-0.05, 0) is 46.6 Å². The number of nitrogens with one attached hydrogen (secondary N) is 1. The van der Waals surface area contributed by atoms with Gasteiger partial charge in [0.1, 0.15) is 0 Å². The first kappa shape index (κ1) is 16.8. The number of amides is 1. The van der Waals surface area contributed by atoms with E-state index in [1.165, 1.54) is 7.11 Å². The van der Waals surface area contributed by atoms with E-state index in [-0.39, 0.29) is 5.76 Å². The lowest BCUT2D eigenvalue weighted by Crippen LogP contribution is -2.34. The minimum absolute atomic E-state index is 0.151. The van der Waals surface area contributed by atoms with Gasteiger partial charge in [-0.1, -0.05) is 28.1 Å². The van der Waals surface area contributed by atoms with Crippen molar-refractivity contribution in [3.05, 3.63) is 56.4 Å². The van der Waals surface area contributed by atoms with Crippen LogP contribution < -0.4 is 5.32 Å². The molecular formula is C15H13Br2NO4. The predicted molar refractivity (Wildman–Crippen MR) is 87.5 cm³/mol. The number of esters is 1. The predicted octanol–water partition coefficient (Wildman–Crippen LogP) is 3.76. The van der Waals surface area contributed by atoms with Gasteiger partial charge < -0.3 is 14.5 Å². The highest BCUT2D eigenvalue weighted by atomic mass is 79.9. The van der Waals surface area contributed by atoms with E-state index in [1.807, 2.05) is 0 Å². The smallest absolute Gasteiger partial charge is 0.333 e. The van der Waals surface area contributed by atoms with Crippen molar-refractivity contribution < 1.29 is 18.7 Å². The molecule has 1 N–H and O–H groups in total. The monoisotopic (exact) mass is 429 g/mol. The summed E-state index contributed by atoms with van der Waals surface area (Å²) in [7, 11) is 1.27. The summed E-state index contributed by atoms with van der Waals surface area (Å²) < 4.78 is 11.4. The van der Waals surface area contributed by atoms with Crippen LogP contribution >= 0.6 is 31.9 Å². The van der Waals surface area contributed by atoms with Crippen molar-refractivity contribution in [2.24, 2.45) is 0 Å². The van der Waals surface area contributed by atoms with E-state index in [2.05, 4.69) is 37.2 Å². The maximum Gasteiger partial charge on any atom is 0.333 e. The van der Waals surface area contributed by atoms with Gasteiger partial charge in [-0.3, -0.25) is 4.79 Å². The first-order chi connectivity index (χ1) is 10.4. The summed E-state index contributed by atoms with van der Waals surface area (Å²) >= 11 is 6.49. The number of carbonyl (C=O) groups is 2. The number of halogens is 2. The molecule has 1 aromatic heterocycles. The largest absolute Gasteiger partial charge is 0.467 e. The number of carbonyl (C=O) groups excluding carboxylic acids is 2. The van der Waals surface area contributed by atoms with E-state index in [1.54, 1.807) is 37.3 Å². The van der Waals surface area contributed by atoms with Crippen molar-refractivity contribution in [2.75, 3.05) is 7.11 Å². The fraction of sp³-hybridized carbons (Fsp3) is 0.200. The van der Waals surface area contributed by atoms with Crippen molar-refractivity contribution in [1.82, 2.24) is 5.32 Å². The van der Waals surface area contributed by atoms with Crippen molar-refractivity contribution in [3.63, 3.8) is 0 Å². The molecule has 116 valence electrons. The summed E-state index contributed by atoms with van der Waals surface area (Å²) in [6.07, 6.45) is 0. The molecule has 0 radical (unpaired) electrons. The molecule has 1 unspecified atom stereocenters. The maximum atomic E-state index is 12.3. The van der Waals surface area contributed by atoms with E-state index < -0.39 is 17.9 Å². The number of hydrogen-bond acceptors (Lipinski definition) is 4. The molecule has 0 bridgehead atoms. The SMILES string of the molecule is COC(=O)C(NC(=O)c1oc(Br)cc1C)c1ccc(Br)cc1.